The monoisotopic (exact) mass is 270 g/mol. The SMILES string of the molecule is CC(C)C(N)CNC(=O)Cc1cccc2ccccc12. The summed E-state index contributed by atoms with van der Waals surface area (Å²) in [6.45, 7) is 4.64. The van der Waals surface area contributed by atoms with E-state index in [1.54, 1.807) is 0 Å². The number of hydrogen-bond acceptors (Lipinski definition) is 2. The van der Waals surface area contributed by atoms with Gasteiger partial charge in [0, 0.05) is 12.6 Å². The van der Waals surface area contributed by atoms with Gasteiger partial charge in [0.1, 0.15) is 0 Å². The zero-order chi connectivity index (χ0) is 14.5. The molecule has 3 heteroatoms. The van der Waals surface area contributed by atoms with Crippen molar-refractivity contribution < 1.29 is 4.79 Å². The van der Waals surface area contributed by atoms with E-state index in [0.717, 1.165) is 16.3 Å². The quantitative estimate of drug-likeness (QED) is 0.877. The molecule has 1 amide bonds. The maximum absolute atomic E-state index is 12.0. The fourth-order valence-electron chi connectivity index (χ4n) is 2.15. The first-order valence-electron chi connectivity index (χ1n) is 7.07. The van der Waals surface area contributed by atoms with Crippen LogP contribution in [0.5, 0.6) is 0 Å². The molecule has 0 aliphatic carbocycles. The molecule has 0 heterocycles. The first kappa shape index (κ1) is 14.5. The molecule has 0 fully saturated rings. The topological polar surface area (TPSA) is 55.1 Å². The maximum atomic E-state index is 12.0. The summed E-state index contributed by atoms with van der Waals surface area (Å²) in [7, 11) is 0. The van der Waals surface area contributed by atoms with Crippen molar-refractivity contribution in [1.82, 2.24) is 5.32 Å². The number of hydrogen-bond donors (Lipinski definition) is 2. The lowest BCUT2D eigenvalue weighted by Crippen LogP contribution is -2.40. The largest absolute Gasteiger partial charge is 0.354 e. The van der Waals surface area contributed by atoms with E-state index in [1.807, 2.05) is 24.3 Å². The molecule has 0 aliphatic heterocycles. The Hall–Kier alpha value is -1.87. The van der Waals surface area contributed by atoms with E-state index in [9.17, 15) is 4.79 Å². The van der Waals surface area contributed by atoms with Crippen molar-refractivity contribution in [3.8, 4) is 0 Å². The molecule has 0 spiro atoms. The minimum atomic E-state index is 0.00599. The van der Waals surface area contributed by atoms with Gasteiger partial charge in [-0.05, 0) is 22.3 Å². The van der Waals surface area contributed by atoms with Crippen LogP contribution in [0.4, 0.5) is 0 Å². The zero-order valence-corrected chi connectivity index (χ0v) is 12.1. The molecular weight excluding hydrogens is 248 g/mol. The van der Waals surface area contributed by atoms with Crippen molar-refractivity contribution in [2.45, 2.75) is 26.3 Å². The van der Waals surface area contributed by atoms with Crippen LogP contribution in [0.2, 0.25) is 0 Å². The van der Waals surface area contributed by atoms with Gasteiger partial charge in [-0.1, -0.05) is 56.3 Å². The van der Waals surface area contributed by atoms with E-state index in [1.165, 1.54) is 0 Å². The second-order valence-corrected chi connectivity index (χ2v) is 5.53. The molecule has 3 N–H and O–H groups in total. The van der Waals surface area contributed by atoms with Crippen molar-refractivity contribution in [3.63, 3.8) is 0 Å². The molecule has 0 radical (unpaired) electrons. The summed E-state index contributed by atoms with van der Waals surface area (Å²) in [6.07, 6.45) is 0.395. The van der Waals surface area contributed by atoms with Gasteiger partial charge in [-0.15, -0.1) is 0 Å². The van der Waals surface area contributed by atoms with Gasteiger partial charge < -0.3 is 11.1 Å². The van der Waals surface area contributed by atoms with Crippen LogP contribution in [0.15, 0.2) is 42.5 Å². The summed E-state index contributed by atoms with van der Waals surface area (Å²) < 4.78 is 0. The molecule has 1 atom stereocenters. The third-order valence-corrected chi connectivity index (χ3v) is 3.62. The highest BCUT2D eigenvalue weighted by molar-refractivity contribution is 5.90. The van der Waals surface area contributed by atoms with Crippen molar-refractivity contribution >= 4 is 16.7 Å². The Balaban J connectivity index is 2.03. The molecule has 2 aromatic rings. The standard InChI is InChI=1S/C17H22N2O/c1-12(2)16(18)11-19-17(20)10-14-8-5-7-13-6-3-4-9-15(13)14/h3-9,12,16H,10-11,18H2,1-2H3,(H,19,20). The van der Waals surface area contributed by atoms with Crippen LogP contribution in [0, 0.1) is 5.92 Å². The van der Waals surface area contributed by atoms with E-state index < -0.39 is 0 Å². The van der Waals surface area contributed by atoms with Crippen LogP contribution in [-0.2, 0) is 11.2 Å². The van der Waals surface area contributed by atoms with Crippen LogP contribution >= 0.6 is 0 Å². The Bertz CT molecular complexity index is 587. The lowest BCUT2D eigenvalue weighted by atomic mass is 10.0. The van der Waals surface area contributed by atoms with Crippen LogP contribution in [-0.4, -0.2) is 18.5 Å². The van der Waals surface area contributed by atoms with Crippen LogP contribution in [0.3, 0.4) is 0 Å². The van der Waals surface area contributed by atoms with Gasteiger partial charge >= 0.3 is 0 Å². The summed E-state index contributed by atoms with van der Waals surface area (Å²) in [4.78, 5) is 12.0. The second-order valence-electron chi connectivity index (χ2n) is 5.53. The molecule has 0 aliphatic rings. The molecule has 2 aromatic carbocycles. The summed E-state index contributed by atoms with van der Waals surface area (Å²) in [5, 5.41) is 5.21. The van der Waals surface area contributed by atoms with Crippen LogP contribution in [0.1, 0.15) is 19.4 Å². The first-order chi connectivity index (χ1) is 9.58. The van der Waals surface area contributed by atoms with E-state index in [0.29, 0.717) is 18.9 Å². The molecule has 0 saturated carbocycles. The molecule has 20 heavy (non-hydrogen) atoms. The van der Waals surface area contributed by atoms with E-state index in [4.69, 9.17) is 5.73 Å². The minimum absolute atomic E-state index is 0.00599. The van der Waals surface area contributed by atoms with Crippen LogP contribution < -0.4 is 11.1 Å². The predicted molar refractivity (Wildman–Crippen MR) is 83.5 cm³/mol. The number of amides is 1. The van der Waals surface area contributed by atoms with E-state index in [2.05, 4.69) is 37.4 Å². The number of benzene rings is 2. The lowest BCUT2D eigenvalue weighted by molar-refractivity contribution is -0.120. The third-order valence-electron chi connectivity index (χ3n) is 3.62. The van der Waals surface area contributed by atoms with E-state index >= 15 is 0 Å². The number of fused-ring (bicyclic) bond motifs is 1. The molecule has 0 bridgehead atoms. The number of carbonyl (C=O) groups is 1. The molecule has 3 nitrogen and oxygen atoms in total. The minimum Gasteiger partial charge on any atom is -0.354 e. The Morgan fingerprint density at radius 1 is 1.15 bits per heavy atom. The van der Waals surface area contributed by atoms with E-state index in [-0.39, 0.29) is 11.9 Å². The number of carbonyl (C=O) groups excluding carboxylic acids is 1. The fraction of sp³-hybridized carbons (Fsp3) is 0.353. The fourth-order valence-corrected chi connectivity index (χ4v) is 2.15. The van der Waals surface area contributed by atoms with Gasteiger partial charge in [-0.25, -0.2) is 0 Å². The third kappa shape index (κ3) is 3.58. The molecule has 0 saturated heterocycles. The highest BCUT2D eigenvalue weighted by Gasteiger charge is 2.10. The maximum Gasteiger partial charge on any atom is 0.224 e. The van der Waals surface area contributed by atoms with Gasteiger partial charge in [0.25, 0.3) is 0 Å². The number of nitrogens with one attached hydrogen (secondary N) is 1. The highest BCUT2D eigenvalue weighted by Crippen LogP contribution is 2.18. The van der Waals surface area contributed by atoms with Gasteiger partial charge in [-0.3, -0.25) is 4.79 Å². The smallest absolute Gasteiger partial charge is 0.224 e. The van der Waals surface area contributed by atoms with Crippen molar-refractivity contribution in [1.29, 1.82) is 0 Å². The van der Waals surface area contributed by atoms with Gasteiger partial charge in [0.2, 0.25) is 5.91 Å². The normalized spacial score (nSPS) is 12.6. The lowest BCUT2D eigenvalue weighted by Gasteiger charge is -2.16. The van der Waals surface area contributed by atoms with Crippen LogP contribution in [0.25, 0.3) is 10.8 Å². The van der Waals surface area contributed by atoms with Crippen molar-refractivity contribution in [2.75, 3.05) is 6.54 Å². The van der Waals surface area contributed by atoms with Gasteiger partial charge in [0.15, 0.2) is 0 Å². The molecule has 2 rings (SSSR count). The predicted octanol–water partition coefficient (Wildman–Crippen LogP) is 2.48. The molecule has 0 aromatic heterocycles. The molecule has 1 unspecified atom stereocenters. The summed E-state index contributed by atoms with van der Waals surface area (Å²) in [6, 6.07) is 14.2. The van der Waals surface area contributed by atoms with Gasteiger partial charge in [0.05, 0.1) is 6.42 Å². The van der Waals surface area contributed by atoms with Crippen molar-refractivity contribution in [2.24, 2.45) is 11.7 Å². The summed E-state index contributed by atoms with van der Waals surface area (Å²) >= 11 is 0. The number of nitrogens with two attached hydrogens (primary N) is 1. The highest BCUT2D eigenvalue weighted by atomic mass is 16.1. The molecule has 106 valence electrons. The zero-order valence-electron chi connectivity index (χ0n) is 12.1. The second kappa shape index (κ2) is 6.53. The van der Waals surface area contributed by atoms with Crippen molar-refractivity contribution in [3.05, 3.63) is 48.0 Å². The Morgan fingerprint density at radius 2 is 1.85 bits per heavy atom. The first-order valence-corrected chi connectivity index (χ1v) is 7.07. The average molecular weight is 270 g/mol. The Kier molecular flexibility index (Phi) is 4.74. The summed E-state index contributed by atoms with van der Waals surface area (Å²) in [5.74, 6) is 0.394. The van der Waals surface area contributed by atoms with Gasteiger partial charge in [-0.2, -0.15) is 0 Å². The Morgan fingerprint density at radius 3 is 2.60 bits per heavy atom. The number of rotatable bonds is 5. The molecular formula is C17H22N2O. The summed E-state index contributed by atoms with van der Waals surface area (Å²) in [5.41, 5.74) is 6.99. The average Bonchev–Trinajstić information content (AvgIpc) is 2.45. The Labute approximate surface area is 120 Å².